The minimum absolute atomic E-state index is 0.0938. The number of carbonyl (C=O) groups is 1. The van der Waals surface area contributed by atoms with Crippen molar-refractivity contribution in [3.05, 3.63) is 58.4 Å². The average molecular weight is 272 g/mol. The molecule has 0 atom stereocenters. The number of aromatic amines is 1. The molecule has 1 aromatic carbocycles. The first-order valence-corrected chi connectivity index (χ1v) is 6.14. The highest BCUT2D eigenvalue weighted by Crippen LogP contribution is 2.16. The molecule has 0 aliphatic carbocycles. The van der Waals surface area contributed by atoms with E-state index in [1.165, 1.54) is 10.6 Å². The maximum absolute atomic E-state index is 12.0. The predicted octanol–water partition coefficient (Wildman–Crippen LogP) is 1.86. The van der Waals surface area contributed by atoms with E-state index in [-0.39, 0.29) is 11.3 Å². The van der Waals surface area contributed by atoms with Gasteiger partial charge in [-0.1, -0.05) is 6.07 Å². The van der Waals surface area contributed by atoms with E-state index < -0.39 is 5.97 Å². The molecule has 0 bridgehead atoms. The maximum atomic E-state index is 12.0. The number of furan rings is 1. The smallest absolute Gasteiger partial charge is 0.337 e. The molecule has 0 aliphatic heterocycles. The average Bonchev–Trinajstić information content (AvgIpc) is 3.02. The number of hydrogen-bond donors (Lipinski definition) is 2. The lowest BCUT2D eigenvalue weighted by molar-refractivity contribution is 0.0699. The van der Waals surface area contributed by atoms with Crippen molar-refractivity contribution in [2.75, 3.05) is 0 Å². The molecule has 0 fully saturated rings. The fourth-order valence-electron chi connectivity index (χ4n) is 2.26. The number of H-pyrrole nitrogens is 1. The fourth-order valence-corrected chi connectivity index (χ4v) is 2.26. The number of aryl methyl sites for hydroxylation is 2. The van der Waals surface area contributed by atoms with Gasteiger partial charge in [0.2, 0.25) is 0 Å². The van der Waals surface area contributed by atoms with Crippen molar-refractivity contribution in [1.82, 2.24) is 9.55 Å². The first-order valence-electron chi connectivity index (χ1n) is 6.14. The van der Waals surface area contributed by atoms with E-state index in [9.17, 15) is 9.59 Å². The number of aromatic carboxylic acids is 1. The molecule has 2 aromatic heterocycles. The van der Waals surface area contributed by atoms with Gasteiger partial charge < -0.3 is 14.5 Å². The van der Waals surface area contributed by atoms with Crippen molar-refractivity contribution in [1.29, 1.82) is 0 Å². The molecule has 0 amide bonds. The number of para-hydroxylation sites is 1. The number of hydrogen-bond acceptors (Lipinski definition) is 3. The Bertz CT molecular complexity index is 811. The maximum Gasteiger partial charge on any atom is 0.337 e. The van der Waals surface area contributed by atoms with Crippen LogP contribution in [0.2, 0.25) is 0 Å². The lowest BCUT2D eigenvalue weighted by Crippen LogP contribution is -2.17. The van der Waals surface area contributed by atoms with E-state index in [1.54, 1.807) is 24.5 Å². The quantitative estimate of drug-likeness (QED) is 0.758. The standard InChI is InChI=1S/C14H12N2O4/c17-13(18)10-4-1-5-11-12(10)15-14(19)16(11)7-6-9-3-2-8-20-9/h1-5,8H,6-7H2,(H,15,19)(H,17,18). The zero-order valence-electron chi connectivity index (χ0n) is 10.5. The van der Waals surface area contributed by atoms with Crippen molar-refractivity contribution < 1.29 is 14.3 Å². The van der Waals surface area contributed by atoms with Gasteiger partial charge in [0.15, 0.2) is 0 Å². The molecule has 0 radical (unpaired) electrons. The highest BCUT2D eigenvalue weighted by Gasteiger charge is 2.14. The molecular weight excluding hydrogens is 260 g/mol. The molecule has 0 saturated heterocycles. The number of nitrogens with zero attached hydrogens (tertiary/aromatic N) is 1. The molecule has 0 unspecified atom stereocenters. The monoisotopic (exact) mass is 272 g/mol. The molecule has 0 aliphatic rings. The van der Waals surface area contributed by atoms with E-state index in [0.29, 0.717) is 24.0 Å². The summed E-state index contributed by atoms with van der Waals surface area (Å²) in [5.74, 6) is -0.282. The third-order valence-electron chi connectivity index (χ3n) is 3.20. The summed E-state index contributed by atoms with van der Waals surface area (Å²) in [5.41, 5.74) is 0.711. The van der Waals surface area contributed by atoms with Crippen LogP contribution in [-0.2, 0) is 13.0 Å². The molecule has 6 nitrogen and oxygen atoms in total. The number of fused-ring (bicyclic) bond motifs is 1. The molecule has 2 N–H and O–H groups in total. The van der Waals surface area contributed by atoms with Gasteiger partial charge in [-0.05, 0) is 24.3 Å². The van der Waals surface area contributed by atoms with Gasteiger partial charge in [-0.2, -0.15) is 0 Å². The van der Waals surface area contributed by atoms with Crippen molar-refractivity contribution in [3.8, 4) is 0 Å². The second kappa shape index (κ2) is 4.73. The Morgan fingerprint density at radius 1 is 1.30 bits per heavy atom. The first kappa shape index (κ1) is 12.3. The topological polar surface area (TPSA) is 88.2 Å². The summed E-state index contributed by atoms with van der Waals surface area (Å²) in [6.07, 6.45) is 2.15. The second-order valence-corrected chi connectivity index (χ2v) is 4.42. The number of nitrogens with one attached hydrogen (secondary N) is 1. The van der Waals surface area contributed by atoms with Gasteiger partial charge in [-0.15, -0.1) is 0 Å². The van der Waals surface area contributed by atoms with Gasteiger partial charge in [0.25, 0.3) is 0 Å². The lowest BCUT2D eigenvalue weighted by atomic mass is 10.2. The van der Waals surface area contributed by atoms with E-state index >= 15 is 0 Å². The largest absolute Gasteiger partial charge is 0.478 e. The molecule has 0 spiro atoms. The SMILES string of the molecule is O=C(O)c1cccc2c1[nH]c(=O)n2CCc1ccco1. The van der Waals surface area contributed by atoms with Gasteiger partial charge in [0, 0.05) is 13.0 Å². The van der Waals surface area contributed by atoms with E-state index in [2.05, 4.69) is 4.98 Å². The Hall–Kier alpha value is -2.76. The Balaban J connectivity index is 2.03. The number of imidazole rings is 1. The van der Waals surface area contributed by atoms with Crippen molar-refractivity contribution in [2.24, 2.45) is 0 Å². The van der Waals surface area contributed by atoms with Gasteiger partial charge in [-0.25, -0.2) is 9.59 Å². The zero-order valence-corrected chi connectivity index (χ0v) is 10.5. The van der Waals surface area contributed by atoms with Gasteiger partial charge >= 0.3 is 11.7 Å². The van der Waals surface area contributed by atoms with Crippen LogP contribution >= 0.6 is 0 Å². The number of rotatable bonds is 4. The summed E-state index contributed by atoms with van der Waals surface area (Å²) in [4.78, 5) is 25.7. The zero-order chi connectivity index (χ0) is 14.1. The van der Waals surface area contributed by atoms with Crippen molar-refractivity contribution >= 4 is 17.0 Å². The highest BCUT2D eigenvalue weighted by atomic mass is 16.4. The number of carboxylic acids is 1. The molecular formula is C14H12N2O4. The molecule has 20 heavy (non-hydrogen) atoms. The second-order valence-electron chi connectivity index (χ2n) is 4.42. The molecule has 2 heterocycles. The molecule has 3 rings (SSSR count). The fraction of sp³-hybridized carbons (Fsp3) is 0.143. The van der Waals surface area contributed by atoms with Gasteiger partial charge in [-0.3, -0.25) is 4.57 Å². The number of aromatic nitrogens is 2. The van der Waals surface area contributed by atoms with Crippen LogP contribution in [0.1, 0.15) is 16.1 Å². The van der Waals surface area contributed by atoms with Crippen molar-refractivity contribution in [3.63, 3.8) is 0 Å². The molecule has 3 aromatic rings. The number of benzene rings is 1. The first-order chi connectivity index (χ1) is 9.66. The Morgan fingerprint density at radius 2 is 2.15 bits per heavy atom. The van der Waals surface area contributed by atoms with E-state index in [1.807, 2.05) is 6.07 Å². The van der Waals surface area contributed by atoms with Crippen LogP contribution in [0.4, 0.5) is 0 Å². The Morgan fingerprint density at radius 3 is 2.85 bits per heavy atom. The normalized spacial score (nSPS) is 11.0. The summed E-state index contributed by atoms with van der Waals surface area (Å²) < 4.78 is 6.74. The van der Waals surface area contributed by atoms with Crippen LogP contribution < -0.4 is 5.69 Å². The lowest BCUT2D eigenvalue weighted by Gasteiger charge is -2.02. The van der Waals surface area contributed by atoms with E-state index in [0.717, 1.165) is 5.76 Å². The summed E-state index contributed by atoms with van der Waals surface area (Å²) in [7, 11) is 0. The summed E-state index contributed by atoms with van der Waals surface area (Å²) in [5, 5.41) is 9.12. The van der Waals surface area contributed by atoms with Crippen LogP contribution in [0, 0.1) is 0 Å². The van der Waals surface area contributed by atoms with Crippen LogP contribution in [0.25, 0.3) is 11.0 Å². The third kappa shape index (κ3) is 2.01. The Labute approximate surface area is 113 Å². The molecule has 102 valence electrons. The summed E-state index contributed by atoms with van der Waals surface area (Å²) >= 11 is 0. The predicted molar refractivity (Wildman–Crippen MR) is 71.9 cm³/mol. The minimum atomic E-state index is -1.06. The van der Waals surface area contributed by atoms with E-state index in [4.69, 9.17) is 9.52 Å². The Kier molecular flexibility index (Phi) is 2.90. The van der Waals surface area contributed by atoms with Crippen LogP contribution in [0.15, 0.2) is 45.8 Å². The van der Waals surface area contributed by atoms with Gasteiger partial charge in [0.05, 0.1) is 22.9 Å². The molecule has 6 heteroatoms. The van der Waals surface area contributed by atoms with Crippen LogP contribution in [0.5, 0.6) is 0 Å². The minimum Gasteiger partial charge on any atom is -0.478 e. The third-order valence-corrected chi connectivity index (χ3v) is 3.20. The number of carboxylic acid groups (broad SMARTS) is 1. The van der Waals surface area contributed by atoms with Crippen molar-refractivity contribution in [2.45, 2.75) is 13.0 Å². The molecule has 0 saturated carbocycles. The summed E-state index contributed by atoms with van der Waals surface area (Å²) in [6, 6.07) is 8.44. The van der Waals surface area contributed by atoms with Crippen LogP contribution in [-0.4, -0.2) is 20.6 Å². The van der Waals surface area contributed by atoms with Crippen LogP contribution in [0.3, 0.4) is 0 Å². The van der Waals surface area contributed by atoms with Gasteiger partial charge in [0.1, 0.15) is 5.76 Å². The highest BCUT2D eigenvalue weighted by molar-refractivity contribution is 6.00. The summed E-state index contributed by atoms with van der Waals surface area (Å²) in [6.45, 7) is 0.426.